The van der Waals surface area contributed by atoms with Crippen molar-refractivity contribution in [3.8, 4) is 39.1 Å². The number of nitrogens with one attached hydrogen (secondary N) is 1. The zero-order valence-electron chi connectivity index (χ0n) is 24.2. The van der Waals surface area contributed by atoms with Crippen molar-refractivity contribution in [1.82, 2.24) is 4.57 Å². The van der Waals surface area contributed by atoms with Crippen molar-refractivity contribution in [2.75, 3.05) is 5.32 Å². The third-order valence-electron chi connectivity index (χ3n) is 8.37. The Morgan fingerprint density at radius 1 is 0.386 bits per heavy atom. The zero-order chi connectivity index (χ0) is 29.3. The third kappa shape index (κ3) is 4.63. The van der Waals surface area contributed by atoms with Crippen molar-refractivity contribution < 1.29 is 0 Å². The normalized spacial score (nSPS) is 11.2. The van der Waals surface area contributed by atoms with E-state index in [1.807, 2.05) is 0 Å². The lowest BCUT2D eigenvalue weighted by Crippen LogP contribution is -1.96. The van der Waals surface area contributed by atoms with Crippen LogP contribution in [-0.2, 0) is 0 Å². The molecule has 0 spiro atoms. The van der Waals surface area contributed by atoms with Crippen LogP contribution in [0.1, 0.15) is 0 Å². The van der Waals surface area contributed by atoms with E-state index >= 15 is 0 Å². The molecular weight excluding hydrogens is 532 g/mol. The summed E-state index contributed by atoms with van der Waals surface area (Å²) in [6.07, 6.45) is 0. The van der Waals surface area contributed by atoms with Gasteiger partial charge in [0.1, 0.15) is 0 Å². The maximum atomic E-state index is 3.64. The van der Waals surface area contributed by atoms with E-state index in [1.54, 1.807) is 0 Å². The van der Waals surface area contributed by atoms with Crippen LogP contribution in [0.3, 0.4) is 0 Å². The molecule has 0 unspecified atom stereocenters. The quantitative estimate of drug-likeness (QED) is 0.213. The Bertz CT molecular complexity index is 2210. The summed E-state index contributed by atoms with van der Waals surface area (Å²) in [6, 6.07) is 62.7. The Morgan fingerprint density at radius 3 is 1.73 bits per heavy atom. The summed E-state index contributed by atoms with van der Waals surface area (Å²) in [4.78, 5) is 0. The summed E-state index contributed by atoms with van der Waals surface area (Å²) in [5.41, 5.74) is 12.9. The number of benzene rings is 7. The highest BCUT2D eigenvalue weighted by molar-refractivity contribution is 6.19. The SMILES string of the molecule is c1ccc(-c2ccc(Nc3cccc(-c4ccc(-c5ccccc5)c5c4c4ccccc4n5-c4ccccc4)c3)cc2)cc1. The monoisotopic (exact) mass is 562 g/mol. The number of rotatable bonds is 6. The lowest BCUT2D eigenvalue weighted by molar-refractivity contribution is 1.18. The van der Waals surface area contributed by atoms with Gasteiger partial charge in [0.05, 0.1) is 11.0 Å². The second-order valence-electron chi connectivity index (χ2n) is 11.1. The van der Waals surface area contributed by atoms with Gasteiger partial charge in [0, 0.05) is 33.4 Å². The van der Waals surface area contributed by atoms with Crippen LogP contribution < -0.4 is 5.32 Å². The van der Waals surface area contributed by atoms with Crippen LogP contribution in [0.25, 0.3) is 60.9 Å². The minimum atomic E-state index is 1.06. The minimum absolute atomic E-state index is 1.06. The highest BCUT2D eigenvalue weighted by atomic mass is 15.0. The molecule has 0 atom stereocenters. The summed E-state index contributed by atoms with van der Waals surface area (Å²) in [6.45, 7) is 0. The first kappa shape index (κ1) is 25.8. The van der Waals surface area contributed by atoms with Gasteiger partial charge in [-0.25, -0.2) is 0 Å². The summed E-state index contributed by atoms with van der Waals surface area (Å²) >= 11 is 0. The summed E-state index contributed by atoms with van der Waals surface area (Å²) < 4.78 is 2.42. The average Bonchev–Trinajstić information content (AvgIpc) is 3.45. The molecule has 0 saturated heterocycles. The molecular formula is C42H30N2. The molecule has 0 bridgehead atoms. The van der Waals surface area contributed by atoms with Crippen LogP contribution in [0, 0.1) is 0 Å². The molecule has 0 radical (unpaired) electrons. The first-order valence-corrected chi connectivity index (χ1v) is 15.0. The Morgan fingerprint density at radius 2 is 0.977 bits per heavy atom. The van der Waals surface area contributed by atoms with Crippen molar-refractivity contribution >= 4 is 33.2 Å². The van der Waals surface area contributed by atoms with Gasteiger partial charge in [-0.1, -0.05) is 133 Å². The van der Waals surface area contributed by atoms with E-state index in [-0.39, 0.29) is 0 Å². The Balaban J connectivity index is 1.28. The fourth-order valence-electron chi connectivity index (χ4n) is 6.34. The molecule has 0 amide bonds. The molecule has 8 rings (SSSR count). The van der Waals surface area contributed by atoms with E-state index in [1.165, 1.54) is 55.2 Å². The largest absolute Gasteiger partial charge is 0.356 e. The van der Waals surface area contributed by atoms with Gasteiger partial charge in [0.2, 0.25) is 0 Å². The summed E-state index contributed by atoms with van der Waals surface area (Å²) in [5, 5.41) is 6.14. The maximum absolute atomic E-state index is 3.64. The van der Waals surface area contributed by atoms with Crippen molar-refractivity contribution in [2.45, 2.75) is 0 Å². The van der Waals surface area contributed by atoms with Crippen LogP contribution in [0.2, 0.25) is 0 Å². The number of nitrogens with zero attached hydrogens (tertiary/aromatic N) is 1. The Labute approximate surface area is 257 Å². The van der Waals surface area contributed by atoms with Crippen molar-refractivity contribution in [3.05, 3.63) is 176 Å². The Hall–Kier alpha value is -5.86. The first-order chi connectivity index (χ1) is 21.8. The number of fused-ring (bicyclic) bond motifs is 3. The smallest absolute Gasteiger partial charge is 0.0625 e. The fourth-order valence-corrected chi connectivity index (χ4v) is 6.34. The number of anilines is 2. The lowest BCUT2D eigenvalue weighted by Gasteiger charge is -2.14. The third-order valence-corrected chi connectivity index (χ3v) is 8.37. The number of aromatic nitrogens is 1. The molecule has 1 N–H and O–H groups in total. The topological polar surface area (TPSA) is 17.0 Å². The van der Waals surface area contributed by atoms with Gasteiger partial charge in [-0.15, -0.1) is 0 Å². The second kappa shape index (κ2) is 11.1. The van der Waals surface area contributed by atoms with Crippen molar-refractivity contribution in [1.29, 1.82) is 0 Å². The van der Waals surface area contributed by atoms with Gasteiger partial charge in [-0.05, 0) is 70.3 Å². The van der Waals surface area contributed by atoms with Crippen LogP contribution in [0.15, 0.2) is 176 Å². The van der Waals surface area contributed by atoms with Crippen LogP contribution in [0.5, 0.6) is 0 Å². The van der Waals surface area contributed by atoms with Gasteiger partial charge < -0.3 is 9.88 Å². The van der Waals surface area contributed by atoms with E-state index in [4.69, 9.17) is 0 Å². The average molecular weight is 563 g/mol. The van der Waals surface area contributed by atoms with E-state index in [9.17, 15) is 0 Å². The minimum Gasteiger partial charge on any atom is -0.356 e. The van der Waals surface area contributed by atoms with Crippen LogP contribution in [0.4, 0.5) is 11.4 Å². The van der Waals surface area contributed by atoms with E-state index in [0.717, 1.165) is 17.1 Å². The highest BCUT2D eigenvalue weighted by Gasteiger charge is 2.20. The molecule has 0 saturated carbocycles. The molecule has 1 aromatic heterocycles. The Kier molecular flexibility index (Phi) is 6.51. The molecule has 1 heterocycles. The molecule has 2 nitrogen and oxygen atoms in total. The van der Waals surface area contributed by atoms with Crippen LogP contribution >= 0.6 is 0 Å². The molecule has 2 heteroatoms. The summed E-state index contributed by atoms with van der Waals surface area (Å²) in [5.74, 6) is 0. The van der Waals surface area contributed by atoms with Crippen LogP contribution in [-0.4, -0.2) is 4.57 Å². The molecule has 0 aliphatic rings. The highest BCUT2D eigenvalue weighted by Crippen LogP contribution is 2.43. The molecule has 8 aromatic rings. The number of hydrogen-bond acceptors (Lipinski definition) is 1. The fraction of sp³-hybridized carbons (Fsp3) is 0. The molecule has 0 aliphatic carbocycles. The summed E-state index contributed by atoms with van der Waals surface area (Å²) in [7, 11) is 0. The van der Waals surface area contributed by atoms with Gasteiger partial charge in [0.25, 0.3) is 0 Å². The van der Waals surface area contributed by atoms with E-state index < -0.39 is 0 Å². The standard InChI is InChI=1S/C42H30N2/c1-4-13-30(14-5-1)31-23-25-34(26-24-31)43-35-18-12-17-33(29-35)37-27-28-38(32-15-6-2-7-16-32)42-41(37)39-21-10-11-22-40(39)44(42)36-19-8-3-9-20-36/h1-29,43H. The van der Waals surface area contributed by atoms with E-state index in [2.05, 4.69) is 186 Å². The zero-order valence-corrected chi connectivity index (χ0v) is 24.2. The number of para-hydroxylation sites is 2. The van der Waals surface area contributed by atoms with Gasteiger partial charge in [-0.2, -0.15) is 0 Å². The number of hydrogen-bond donors (Lipinski definition) is 1. The predicted octanol–water partition coefficient (Wildman–Crippen LogP) is 11.5. The lowest BCUT2D eigenvalue weighted by atomic mass is 9.94. The van der Waals surface area contributed by atoms with Crippen molar-refractivity contribution in [3.63, 3.8) is 0 Å². The molecule has 0 fully saturated rings. The van der Waals surface area contributed by atoms with Gasteiger partial charge in [-0.3, -0.25) is 0 Å². The second-order valence-corrected chi connectivity index (χ2v) is 11.1. The predicted molar refractivity (Wildman–Crippen MR) is 187 cm³/mol. The maximum Gasteiger partial charge on any atom is 0.0625 e. The van der Waals surface area contributed by atoms with E-state index in [0.29, 0.717) is 0 Å². The molecule has 7 aromatic carbocycles. The molecule has 44 heavy (non-hydrogen) atoms. The molecule has 208 valence electrons. The van der Waals surface area contributed by atoms with Crippen molar-refractivity contribution in [2.24, 2.45) is 0 Å². The first-order valence-electron chi connectivity index (χ1n) is 15.0. The molecule has 0 aliphatic heterocycles. The van der Waals surface area contributed by atoms with Gasteiger partial charge >= 0.3 is 0 Å². The van der Waals surface area contributed by atoms with Gasteiger partial charge in [0.15, 0.2) is 0 Å².